The van der Waals surface area contributed by atoms with Gasteiger partial charge in [0.2, 0.25) is 0 Å². The summed E-state index contributed by atoms with van der Waals surface area (Å²) in [6, 6.07) is 8.78. The highest BCUT2D eigenvalue weighted by atomic mass is 35.5. The normalized spacial score (nSPS) is 20.4. The molecule has 2 aliphatic rings. The van der Waals surface area contributed by atoms with E-state index in [2.05, 4.69) is 0 Å². The van der Waals surface area contributed by atoms with Crippen LogP contribution in [0, 0.1) is 6.92 Å². The van der Waals surface area contributed by atoms with Crippen molar-refractivity contribution in [1.82, 2.24) is 9.21 Å². The molecule has 1 fully saturated rings. The van der Waals surface area contributed by atoms with Gasteiger partial charge in [-0.25, -0.2) is 8.42 Å². The topological polar surface area (TPSA) is 66.9 Å². The number of benzene rings is 1. The average molecular weight is 427 g/mol. The van der Waals surface area contributed by atoms with Crippen molar-refractivity contribution >= 4 is 38.9 Å². The van der Waals surface area contributed by atoms with Gasteiger partial charge in [0.25, 0.3) is 15.9 Å². The number of carbonyl (C=O) groups is 1. The van der Waals surface area contributed by atoms with Crippen LogP contribution in [0.1, 0.15) is 10.4 Å². The third-order valence-corrected chi connectivity index (χ3v) is 8.43. The second-order valence-electron chi connectivity index (χ2n) is 6.66. The van der Waals surface area contributed by atoms with E-state index < -0.39 is 16.1 Å². The Labute approximate surface area is 167 Å². The van der Waals surface area contributed by atoms with E-state index in [-0.39, 0.29) is 19.0 Å². The van der Waals surface area contributed by atoms with E-state index >= 15 is 0 Å². The number of nitrogens with zero attached hydrogens (tertiary/aromatic N) is 2. The molecule has 0 aliphatic carbocycles. The van der Waals surface area contributed by atoms with Crippen LogP contribution in [0.25, 0.3) is 0 Å². The third-order valence-electron chi connectivity index (χ3n) is 4.83. The highest BCUT2D eigenvalue weighted by Crippen LogP contribution is 2.32. The predicted molar refractivity (Wildman–Crippen MR) is 104 cm³/mol. The van der Waals surface area contributed by atoms with Crippen molar-refractivity contribution in [3.63, 3.8) is 0 Å². The molecule has 0 bridgehead atoms. The molecule has 4 rings (SSSR count). The first-order valence-electron chi connectivity index (χ1n) is 8.65. The Kier molecular flexibility index (Phi) is 4.92. The van der Waals surface area contributed by atoms with Crippen molar-refractivity contribution in [2.75, 3.05) is 26.2 Å². The third kappa shape index (κ3) is 3.59. The van der Waals surface area contributed by atoms with Crippen LogP contribution in [-0.2, 0) is 21.2 Å². The zero-order valence-electron chi connectivity index (χ0n) is 14.7. The van der Waals surface area contributed by atoms with E-state index in [0.29, 0.717) is 34.5 Å². The maximum atomic E-state index is 12.8. The quantitative estimate of drug-likeness (QED) is 0.756. The summed E-state index contributed by atoms with van der Waals surface area (Å²) in [5.74, 6) is 0.582. The van der Waals surface area contributed by atoms with Crippen molar-refractivity contribution < 1.29 is 17.9 Å². The Morgan fingerprint density at radius 3 is 2.59 bits per heavy atom. The minimum atomic E-state index is -3.49. The Bertz CT molecular complexity index is 981. The van der Waals surface area contributed by atoms with E-state index in [1.54, 1.807) is 29.2 Å². The lowest BCUT2D eigenvalue weighted by Crippen LogP contribution is -2.53. The van der Waals surface area contributed by atoms with Gasteiger partial charge in [0.15, 0.2) is 6.10 Å². The van der Waals surface area contributed by atoms with Crippen LogP contribution in [0.15, 0.2) is 34.5 Å². The largest absolute Gasteiger partial charge is 0.480 e. The Morgan fingerprint density at radius 2 is 1.93 bits per heavy atom. The highest BCUT2D eigenvalue weighted by Gasteiger charge is 2.36. The summed E-state index contributed by atoms with van der Waals surface area (Å²) in [4.78, 5) is 15.4. The summed E-state index contributed by atoms with van der Waals surface area (Å²) in [5.41, 5.74) is 0.926. The molecule has 1 saturated heterocycles. The lowest BCUT2D eigenvalue weighted by molar-refractivity contribution is -0.139. The van der Waals surface area contributed by atoms with Crippen molar-refractivity contribution in [2.45, 2.75) is 23.7 Å². The number of carbonyl (C=O) groups excluding carboxylic acids is 1. The van der Waals surface area contributed by atoms with Gasteiger partial charge in [-0.05, 0) is 42.8 Å². The summed E-state index contributed by atoms with van der Waals surface area (Å²) in [7, 11) is -3.49. The number of amides is 1. The molecule has 9 heteroatoms. The second kappa shape index (κ2) is 7.09. The van der Waals surface area contributed by atoms with Gasteiger partial charge >= 0.3 is 0 Å². The van der Waals surface area contributed by atoms with Gasteiger partial charge in [-0.3, -0.25) is 4.79 Å². The predicted octanol–water partition coefficient (Wildman–Crippen LogP) is 2.55. The average Bonchev–Trinajstić information content (AvgIpc) is 3.27. The molecule has 1 atom stereocenters. The van der Waals surface area contributed by atoms with Crippen LogP contribution in [0.3, 0.4) is 0 Å². The summed E-state index contributed by atoms with van der Waals surface area (Å²) < 4.78 is 33.0. The monoisotopic (exact) mass is 426 g/mol. The number of ether oxygens (including phenoxy) is 1. The van der Waals surface area contributed by atoms with Gasteiger partial charge < -0.3 is 9.64 Å². The minimum absolute atomic E-state index is 0.105. The first kappa shape index (κ1) is 18.7. The maximum Gasteiger partial charge on any atom is 0.264 e. The molecule has 27 heavy (non-hydrogen) atoms. The Balaban J connectivity index is 1.39. The van der Waals surface area contributed by atoms with E-state index in [0.717, 1.165) is 10.4 Å². The number of piperazine rings is 1. The van der Waals surface area contributed by atoms with Crippen LogP contribution in [-0.4, -0.2) is 55.8 Å². The van der Waals surface area contributed by atoms with Crippen molar-refractivity contribution in [3.8, 4) is 5.75 Å². The second-order valence-corrected chi connectivity index (χ2v) is 10.5. The van der Waals surface area contributed by atoms with Gasteiger partial charge in [0, 0.05) is 42.5 Å². The molecular formula is C18H19ClN2O4S2. The van der Waals surface area contributed by atoms with Crippen LogP contribution in [0.4, 0.5) is 0 Å². The van der Waals surface area contributed by atoms with E-state index in [1.165, 1.54) is 15.6 Å². The van der Waals surface area contributed by atoms with E-state index in [1.807, 2.05) is 13.0 Å². The van der Waals surface area contributed by atoms with Gasteiger partial charge in [0.05, 0.1) is 0 Å². The van der Waals surface area contributed by atoms with E-state index in [9.17, 15) is 13.2 Å². The zero-order valence-corrected chi connectivity index (χ0v) is 17.1. The highest BCUT2D eigenvalue weighted by molar-refractivity contribution is 7.91. The number of hydrogen-bond acceptors (Lipinski definition) is 5. The lowest BCUT2D eigenvalue weighted by atomic mass is 10.1. The number of aryl methyl sites for hydroxylation is 1. The summed E-state index contributed by atoms with van der Waals surface area (Å²) in [6.07, 6.45) is -0.0802. The zero-order chi connectivity index (χ0) is 19.2. The molecule has 0 saturated carbocycles. The number of fused-ring (bicyclic) bond motifs is 1. The number of sulfonamides is 1. The molecule has 144 valence electrons. The van der Waals surface area contributed by atoms with Crippen LogP contribution < -0.4 is 4.74 Å². The molecular weight excluding hydrogens is 408 g/mol. The number of hydrogen-bond donors (Lipinski definition) is 0. The summed E-state index contributed by atoms with van der Waals surface area (Å²) in [6.45, 7) is 3.18. The van der Waals surface area contributed by atoms with Crippen molar-refractivity contribution in [2.24, 2.45) is 0 Å². The fourth-order valence-electron chi connectivity index (χ4n) is 3.39. The van der Waals surface area contributed by atoms with Gasteiger partial charge in [-0.1, -0.05) is 11.6 Å². The van der Waals surface area contributed by atoms with Crippen molar-refractivity contribution in [3.05, 3.63) is 45.8 Å². The Morgan fingerprint density at radius 1 is 1.19 bits per heavy atom. The molecule has 0 N–H and O–H groups in total. The summed E-state index contributed by atoms with van der Waals surface area (Å²) >= 11 is 7.27. The molecule has 1 unspecified atom stereocenters. The molecule has 2 aliphatic heterocycles. The summed E-state index contributed by atoms with van der Waals surface area (Å²) in [5, 5.41) is 0.619. The van der Waals surface area contributed by atoms with Crippen LogP contribution in [0.5, 0.6) is 5.75 Å². The van der Waals surface area contributed by atoms with Crippen LogP contribution >= 0.6 is 22.9 Å². The molecule has 1 aromatic carbocycles. The van der Waals surface area contributed by atoms with Gasteiger partial charge in [-0.2, -0.15) is 4.31 Å². The van der Waals surface area contributed by atoms with Crippen LogP contribution in [0.2, 0.25) is 5.02 Å². The first-order valence-corrected chi connectivity index (χ1v) is 11.3. The molecule has 3 heterocycles. The van der Waals surface area contributed by atoms with Crippen molar-refractivity contribution in [1.29, 1.82) is 0 Å². The molecule has 2 aromatic rings. The minimum Gasteiger partial charge on any atom is -0.480 e. The first-order chi connectivity index (χ1) is 12.8. The van der Waals surface area contributed by atoms with Gasteiger partial charge in [0.1, 0.15) is 9.96 Å². The molecule has 0 radical (unpaired) electrons. The van der Waals surface area contributed by atoms with E-state index in [4.69, 9.17) is 16.3 Å². The maximum absolute atomic E-state index is 12.8. The smallest absolute Gasteiger partial charge is 0.264 e. The van der Waals surface area contributed by atoms with Gasteiger partial charge in [-0.15, -0.1) is 11.3 Å². The standard InChI is InChI=1S/C18H19ClN2O4S2/c1-12-2-5-17(26-12)27(23,24)21-8-6-20(7-9-21)18(22)16-11-13-10-14(19)3-4-15(13)25-16/h2-5,10,16H,6-9,11H2,1H3. The Hall–Kier alpha value is -1.61. The molecule has 6 nitrogen and oxygen atoms in total. The SMILES string of the molecule is Cc1ccc(S(=O)(=O)N2CCN(C(=O)C3Cc4cc(Cl)ccc4O3)CC2)s1. The fraction of sp³-hybridized carbons (Fsp3) is 0.389. The molecule has 0 spiro atoms. The lowest BCUT2D eigenvalue weighted by Gasteiger charge is -2.34. The number of rotatable bonds is 3. The number of thiophene rings is 1. The number of halogens is 1. The fourth-order valence-corrected chi connectivity index (χ4v) is 6.44. The molecule has 1 amide bonds. The molecule has 1 aromatic heterocycles.